The fourth-order valence-corrected chi connectivity index (χ4v) is 2.79. The number of benzene rings is 1. The van der Waals surface area contributed by atoms with Gasteiger partial charge in [-0.15, -0.1) is 0 Å². The predicted octanol–water partition coefficient (Wildman–Crippen LogP) is 3.21. The average Bonchev–Trinajstić information content (AvgIpc) is 2.74. The van der Waals surface area contributed by atoms with Gasteiger partial charge in [-0.25, -0.2) is 0 Å². The van der Waals surface area contributed by atoms with Gasteiger partial charge in [0.1, 0.15) is 0 Å². The molecule has 0 unspecified atom stereocenters. The molecule has 0 aliphatic rings. The Hall–Kier alpha value is -1.72. The summed E-state index contributed by atoms with van der Waals surface area (Å²) in [5.41, 5.74) is 4.31. The molecule has 1 aromatic carbocycles. The summed E-state index contributed by atoms with van der Waals surface area (Å²) < 4.78 is 1.88. The van der Waals surface area contributed by atoms with E-state index >= 15 is 0 Å². The van der Waals surface area contributed by atoms with Crippen molar-refractivity contribution in [2.24, 2.45) is 12.0 Å². The third-order valence-electron chi connectivity index (χ3n) is 3.78. The molecular weight excluding hydrogens is 333 g/mol. The minimum atomic E-state index is 0.570. The number of hydrogen-bond donors (Lipinski definition) is 2. The first kappa shape index (κ1) is 17.6. The Morgan fingerprint density at radius 2 is 1.91 bits per heavy atom. The van der Waals surface area contributed by atoms with Gasteiger partial charge in [-0.05, 0) is 31.5 Å². The van der Waals surface area contributed by atoms with Crippen molar-refractivity contribution < 1.29 is 0 Å². The van der Waals surface area contributed by atoms with Crippen molar-refractivity contribution in [2.75, 3.05) is 7.05 Å². The number of nitrogens with zero attached hydrogens (tertiary/aromatic N) is 3. The number of rotatable bonds is 4. The number of nitrogens with one attached hydrogen (secondary N) is 2. The molecule has 0 saturated carbocycles. The molecule has 0 aliphatic heterocycles. The Morgan fingerprint density at radius 1 is 1.22 bits per heavy atom. The highest BCUT2D eigenvalue weighted by molar-refractivity contribution is 6.35. The standard InChI is InChI=1S/C16H21Cl2N5/c1-10-14(11(2)23(4)22-10)9-21-16(19-3)20-8-12-5-6-13(17)7-15(12)18/h5-7H,8-9H2,1-4H3,(H2,19,20,21). The van der Waals surface area contributed by atoms with E-state index in [4.69, 9.17) is 23.2 Å². The van der Waals surface area contributed by atoms with Crippen molar-refractivity contribution in [1.29, 1.82) is 0 Å². The third-order valence-corrected chi connectivity index (χ3v) is 4.36. The molecule has 0 amide bonds. The van der Waals surface area contributed by atoms with Crippen LogP contribution in [0.25, 0.3) is 0 Å². The average molecular weight is 354 g/mol. The molecule has 5 nitrogen and oxygen atoms in total. The molecule has 0 atom stereocenters. The van der Waals surface area contributed by atoms with Gasteiger partial charge in [0.15, 0.2) is 5.96 Å². The molecule has 0 bridgehead atoms. The number of guanidine groups is 1. The first-order valence-corrected chi connectivity index (χ1v) is 8.05. The molecular formula is C16H21Cl2N5. The summed E-state index contributed by atoms with van der Waals surface area (Å²) in [6, 6.07) is 5.46. The summed E-state index contributed by atoms with van der Waals surface area (Å²) in [5.74, 6) is 0.707. The normalized spacial score (nSPS) is 11.7. The SMILES string of the molecule is CN=C(NCc1ccc(Cl)cc1Cl)NCc1c(C)nn(C)c1C. The second-order valence-electron chi connectivity index (χ2n) is 5.29. The highest BCUT2D eigenvalue weighted by atomic mass is 35.5. The fraction of sp³-hybridized carbons (Fsp3) is 0.375. The van der Waals surface area contributed by atoms with Gasteiger partial charge in [0.05, 0.1) is 5.69 Å². The van der Waals surface area contributed by atoms with Gasteiger partial charge in [-0.2, -0.15) is 5.10 Å². The third kappa shape index (κ3) is 4.39. The van der Waals surface area contributed by atoms with E-state index in [1.54, 1.807) is 13.1 Å². The van der Waals surface area contributed by atoms with Crippen LogP contribution in [-0.4, -0.2) is 22.8 Å². The quantitative estimate of drug-likeness (QED) is 0.655. The van der Waals surface area contributed by atoms with Crippen LogP contribution in [0, 0.1) is 13.8 Å². The number of aromatic nitrogens is 2. The molecule has 0 aliphatic carbocycles. The Balaban J connectivity index is 1.96. The highest BCUT2D eigenvalue weighted by Crippen LogP contribution is 2.20. The summed E-state index contributed by atoms with van der Waals surface area (Å²) in [6.45, 7) is 5.30. The number of aliphatic imine (C=N–C) groups is 1. The van der Waals surface area contributed by atoms with Crippen LogP contribution >= 0.6 is 23.2 Å². The molecule has 1 heterocycles. The second-order valence-corrected chi connectivity index (χ2v) is 6.13. The predicted molar refractivity (Wildman–Crippen MR) is 96.2 cm³/mol. The lowest BCUT2D eigenvalue weighted by Gasteiger charge is -2.13. The molecule has 1 aromatic heterocycles. The summed E-state index contributed by atoms with van der Waals surface area (Å²) in [5, 5.41) is 12.2. The second kappa shape index (κ2) is 7.70. The molecule has 2 rings (SSSR count). The van der Waals surface area contributed by atoms with Crippen LogP contribution < -0.4 is 10.6 Å². The molecule has 0 spiro atoms. The van der Waals surface area contributed by atoms with Gasteiger partial charge in [0.25, 0.3) is 0 Å². The van der Waals surface area contributed by atoms with Gasteiger partial charge < -0.3 is 10.6 Å². The van der Waals surface area contributed by atoms with Crippen LogP contribution in [0.2, 0.25) is 10.0 Å². The zero-order chi connectivity index (χ0) is 17.0. The Morgan fingerprint density at radius 3 is 2.48 bits per heavy atom. The first-order chi connectivity index (χ1) is 10.9. The lowest BCUT2D eigenvalue weighted by molar-refractivity contribution is 0.728. The lowest BCUT2D eigenvalue weighted by atomic mass is 10.2. The van der Waals surface area contributed by atoms with Crippen LogP contribution in [0.15, 0.2) is 23.2 Å². The maximum absolute atomic E-state index is 6.18. The van der Waals surface area contributed by atoms with Crippen molar-refractivity contribution in [3.63, 3.8) is 0 Å². The summed E-state index contributed by atoms with van der Waals surface area (Å²) in [7, 11) is 3.68. The molecule has 7 heteroatoms. The van der Waals surface area contributed by atoms with E-state index in [0.717, 1.165) is 17.0 Å². The van der Waals surface area contributed by atoms with Crippen molar-refractivity contribution in [2.45, 2.75) is 26.9 Å². The van der Waals surface area contributed by atoms with Crippen LogP contribution in [-0.2, 0) is 20.1 Å². The van der Waals surface area contributed by atoms with Crippen LogP contribution in [0.3, 0.4) is 0 Å². The van der Waals surface area contributed by atoms with E-state index < -0.39 is 0 Å². The largest absolute Gasteiger partial charge is 0.352 e. The highest BCUT2D eigenvalue weighted by Gasteiger charge is 2.10. The van der Waals surface area contributed by atoms with Crippen LogP contribution in [0.5, 0.6) is 0 Å². The van der Waals surface area contributed by atoms with Crippen molar-refractivity contribution in [3.8, 4) is 0 Å². The first-order valence-electron chi connectivity index (χ1n) is 7.30. The molecule has 124 valence electrons. The topological polar surface area (TPSA) is 54.2 Å². The van der Waals surface area contributed by atoms with Gasteiger partial charge in [0.2, 0.25) is 0 Å². The van der Waals surface area contributed by atoms with Crippen molar-refractivity contribution in [1.82, 2.24) is 20.4 Å². The Kier molecular flexibility index (Phi) is 5.91. The molecule has 0 saturated heterocycles. The number of halogens is 2. The van der Waals surface area contributed by atoms with Gasteiger partial charge in [-0.1, -0.05) is 29.3 Å². The molecule has 2 aromatic rings. The summed E-state index contributed by atoms with van der Waals surface area (Å²) in [4.78, 5) is 4.23. The Labute approximate surface area is 146 Å². The van der Waals surface area contributed by atoms with E-state index in [2.05, 4.69) is 27.6 Å². The van der Waals surface area contributed by atoms with Gasteiger partial charge in [0, 0.05) is 48.5 Å². The van der Waals surface area contributed by atoms with E-state index in [-0.39, 0.29) is 0 Å². The van der Waals surface area contributed by atoms with Crippen LogP contribution in [0.4, 0.5) is 0 Å². The number of hydrogen-bond acceptors (Lipinski definition) is 2. The van der Waals surface area contributed by atoms with E-state index in [9.17, 15) is 0 Å². The Bertz CT molecular complexity index is 722. The summed E-state index contributed by atoms with van der Waals surface area (Å²) >= 11 is 12.1. The van der Waals surface area contributed by atoms with E-state index in [1.807, 2.05) is 30.8 Å². The minimum Gasteiger partial charge on any atom is -0.352 e. The maximum atomic E-state index is 6.18. The van der Waals surface area contributed by atoms with Crippen LogP contribution in [0.1, 0.15) is 22.5 Å². The van der Waals surface area contributed by atoms with Gasteiger partial charge >= 0.3 is 0 Å². The number of aryl methyl sites for hydroxylation is 2. The van der Waals surface area contributed by atoms with E-state index in [1.165, 1.54) is 5.56 Å². The molecule has 0 radical (unpaired) electrons. The zero-order valence-corrected chi connectivity index (χ0v) is 15.3. The fourth-order valence-electron chi connectivity index (χ4n) is 2.31. The maximum Gasteiger partial charge on any atom is 0.191 e. The smallest absolute Gasteiger partial charge is 0.191 e. The zero-order valence-electron chi connectivity index (χ0n) is 13.7. The summed E-state index contributed by atoms with van der Waals surface area (Å²) in [6.07, 6.45) is 0. The van der Waals surface area contributed by atoms with Crippen molar-refractivity contribution >= 4 is 29.2 Å². The monoisotopic (exact) mass is 353 g/mol. The lowest BCUT2D eigenvalue weighted by Crippen LogP contribution is -2.36. The van der Waals surface area contributed by atoms with E-state index in [0.29, 0.717) is 29.1 Å². The van der Waals surface area contributed by atoms with Crippen molar-refractivity contribution in [3.05, 3.63) is 50.8 Å². The molecule has 0 fully saturated rings. The minimum absolute atomic E-state index is 0.570. The molecule has 23 heavy (non-hydrogen) atoms. The molecule has 2 N–H and O–H groups in total. The van der Waals surface area contributed by atoms with Gasteiger partial charge in [-0.3, -0.25) is 9.67 Å².